The Labute approximate surface area is 269 Å². The van der Waals surface area contributed by atoms with Crippen LogP contribution in [0, 0.1) is 0 Å². The van der Waals surface area contributed by atoms with Crippen molar-refractivity contribution in [3.8, 4) is 0 Å². The van der Waals surface area contributed by atoms with E-state index in [9.17, 15) is 4.79 Å². The first kappa shape index (κ1) is 28.9. The second kappa shape index (κ2) is 11.9. The minimum Gasteiger partial charge on any atom is -0.443 e. The highest BCUT2D eigenvalue weighted by Gasteiger charge is 2.29. The molecule has 1 heterocycles. The van der Waals surface area contributed by atoms with Gasteiger partial charge in [0, 0.05) is 22.7 Å². The third-order valence-electron chi connectivity index (χ3n) is 7.89. The number of para-hydroxylation sites is 2. The average molecular weight is 602 g/mol. The topological polar surface area (TPSA) is 37.7 Å². The van der Waals surface area contributed by atoms with Gasteiger partial charge < -0.3 is 4.74 Å². The van der Waals surface area contributed by atoms with E-state index >= 15 is 0 Å². The molecule has 0 aliphatic heterocycles. The number of fused-ring (bicyclic) bond motifs is 2. The van der Waals surface area contributed by atoms with Gasteiger partial charge in [0.15, 0.2) is 0 Å². The van der Waals surface area contributed by atoms with E-state index in [2.05, 4.69) is 94.7 Å². The van der Waals surface area contributed by atoms with E-state index in [0.717, 1.165) is 44.3 Å². The Morgan fingerprint density at radius 2 is 0.870 bits per heavy atom. The maximum Gasteiger partial charge on any atom is 0.421 e. The zero-order valence-electron chi connectivity index (χ0n) is 26.2. The SMILES string of the molecule is CC(C)(C)OC(=O)n1c(N(c2ccccc2)c2ccc3ccccc3c2)ccc1N(c1ccccc1)c1ccc2ccccc2c1. The van der Waals surface area contributed by atoms with Crippen molar-refractivity contribution in [3.63, 3.8) is 0 Å². The molecule has 0 radical (unpaired) electrons. The molecule has 7 rings (SSSR count). The fraction of sp³-hybridized carbons (Fsp3) is 0.0976. The molecule has 226 valence electrons. The van der Waals surface area contributed by atoms with Crippen molar-refractivity contribution < 1.29 is 9.53 Å². The summed E-state index contributed by atoms with van der Waals surface area (Å²) in [5, 5.41) is 4.51. The van der Waals surface area contributed by atoms with E-state index < -0.39 is 11.7 Å². The lowest BCUT2D eigenvalue weighted by Gasteiger charge is -2.31. The summed E-state index contributed by atoms with van der Waals surface area (Å²) in [5.74, 6) is 1.32. The first-order valence-electron chi connectivity index (χ1n) is 15.5. The van der Waals surface area contributed by atoms with Crippen molar-refractivity contribution in [1.29, 1.82) is 0 Å². The van der Waals surface area contributed by atoms with Gasteiger partial charge in [-0.3, -0.25) is 9.80 Å². The zero-order chi connectivity index (χ0) is 31.7. The summed E-state index contributed by atoms with van der Waals surface area (Å²) in [7, 11) is 0. The number of ether oxygens (including phenoxy) is 1. The fourth-order valence-electron chi connectivity index (χ4n) is 5.87. The fourth-order valence-corrected chi connectivity index (χ4v) is 5.87. The standard InChI is InChI=1S/C41H35N3O2/c1-41(2,3)46-40(45)44-38(42(34-18-6-4-7-19-34)36-24-22-30-14-10-12-16-32(30)28-36)26-27-39(44)43(35-20-8-5-9-21-35)37-25-23-31-15-11-13-17-33(31)29-37/h4-29H,1-3H3. The van der Waals surface area contributed by atoms with Crippen LogP contribution in [0.1, 0.15) is 20.8 Å². The van der Waals surface area contributed by atoms with E-state index in [1.807, 2.05) is 93.6 Å². The molecular weight excluding hydrogens is 566 g/mol. The van der Waals surface area contributed by atoms with Crippen molar-refractivity contribution in [2.45, 2.75) is 26.4 Å². The molecule has 5 nitrogen and oxygen atoms in total. The largest absolute Gasteiger partial charge is 0.443 e. The van der Waals surface area contributed by atoms with E-state index in [-0.39, 0.29) is 0 Å². The number of rotatable bonds is 6. The number of hydrogen-bond acceptors (Lipinski definition) is 4. The number of carbonyl (C=O) groups excluding carboxylic acids is 1. The van der Waals surface area contributed by atoms with Gasteiger partial charge in [0.25, 0.3) is 0 Å². The van der Waals surface area contributed by atoms with E-state index in [0.29, 0.717) is 11.6 Å². The molecule has 46 heavy (non-hydrogen) atoms. The number of benzene rings is 6. The van der Waals surface area contributed by atoms with E-state index in [1.165, 1.54) is 0 Å². The van der Waals surface area contributed by atoms with Crippen LogP contribution < -0.4 is 9.80 Å². The predicted octanol–water partition coefficient (Wildman–Crippen LogP) is 11.5. The number of nitrogens with zero attached hydrogens (tertiary/aromatic N) is 3. The van der Waals surface area contributed by atoms with E-state index in [1.54, 1.807) is 4.57 Å². The Morgan fingerprint density at radius 1 is 0.478 bits per heavy atom. The Kier molecular flexibility index (Phi) is 7.51. The van der Waals surface area contributed by atoms with Crippen molar-refractivity contribution in [3.05, 3.63) is 158 Å². The molecule has 6 aromatic carbocycles. The first-order chi connectivity index (χ1) is 22.4. The molecular formula is C41H35N3O2. The van der Waals surface area contributed by atoms with Gasteiger partial charge in [-0.2, -0.15) is 0 Å². The predicted molar refractivity (Wildman–Crippen MR) is 190 cm³/mol. The van der Waals surface area contributed by atoms with Crippen LogP contribution in [0.25, 0.3) is 21.5 Å². The summed E-state index contributed by atoms with van der Waals surface area (Å²) in [6, 6.07) is 53.6. The Morgan fingerprint density at radius 3 is 1.28 bits per heavy atom. The molecule has 5 heteroatoms. The van der Waals surface area contributed by atoms with Gasteiger partial charge in [-0.15, -0.1) is 0 Å². The third kappa shape index (κ3) is 5.71. The van der Waals surface area contributed by atoms with Crippen molar-refractivity contribution >= 4 is 62.0 Å². The molecule has 0 bridgehead atoms. The maximum atomic E-state index is 14.4. The van der Waals surface area contributed by atoms with Crippen molar-refractivity contribution in [2.75, 3.05) is 9.80 Å². The van der Waals surface area contributed by atoms with Crippen LogP contribution in [0.3, 0.4) is 0 Å². The summed E-state index contributed by atoms with van der Waals surface area (Å²) < 4.78 is 7.81. The number of anilines is 6. The van der Waals surface area contributed by atoms with Crippen LogP contribution in [0.2, 0.25) is 0 Å². The molecule has 0 aliphatic rings. The summed E-state index contributed by atoms with van der Waals surface area (Å²) in [6.45, 7) is 5.68. The van der Waals surface area contributed by atoms with Crippen LogP contribution in [-0.4, -0.2) is 16.3 Å². The third-order valence-corrected chi connectivity index (χ3v) is 7.89. The highest BCUT2D eigenvalue weighted by Crippen LogP contribution is 2.43. The molecule has 1 aromatic heterocycles. The molecule has 0 amide bonds. The van der Waals surface area contributed by atoms with Crippen LogP contribution in [-0.2, 0) is 4.74 Å². The van der Waals surface area contributed by atoms with Crippen LogP contribution in [0.5, 0.6) is 0 Å². The molecule has 0 atom stereocenters. The highest BCUT2D eigenvalue weighted by atomic mass is 16.6. The van der Waals surface area contributed by atoms with Gasteiger partial charge >= 0.3 is 6.09 Å². The lowest BCUT2D eigenvalue weighted by molar-refractivity contribution is 0.0543. The van der Waals surface area contributed by atoms with Crippen LogP contribution in [0.4, 0.5) is 39.2 Å². The molecule has 0 N–H and O–H groups in total. The molecule has 0 fully saturated rings. The Hall–Kier alpha value is -5.81. The van der Waals surface area contributed by atoms with Crippen molar-refractivity contribution in [1.82, 2.24) is 4.57 Å². The first-order valence-corrected chi connectivity index (χ1v) is 15.5. The average Bonchev–Trinajstić information content (AvgIpc) is 3.49. The molecule has 0 aliphatic carbocycles. The highest BCUT2D eigenvalue weighted by molar-refractivity contribution is 5.94. The molecule has 0 unspecified atom stereocenters. The number of carbonyl (C=O) groups is 1. The lowest BCUT2D eigenvalue weighted by atomic mass is 10.1. The molecule has 0 saturated carbocycles. The number of hydrogen-bond donors (Lipinski definition) is 0. The van der Waals surface area contributed by atoms with Gasteiger partial charge in [-0.25, -0.2) is 9.36 Å². The van der Waals surface area contributed by atoms with Gasteiger partial charge in [0.1, 0.15) is 17.2 Å². The maximum absolute atomic E-state index is 14.4. The molecule has 7 aromatic rings. The van der Waals surface area contributed by atoms with Gasteiger partial charge in [0.2, 0.25) is 0 Å². The Bertz CT molecular complexity index is 2010. The van der Waals surface area contributed by atoms with Crippen molar-refractivity contribution in [2.24, 2.45) is 0 Å². The lowest BCUT2D eigenvalue weighted by Crippen LogP contribution is -2.30. The monoisotopic (exact) mass is 601 g/mol. The minimum absolute atomic E-state index is 0.467. The second-order valence-electron chi connectivity index (χ2n) is 12.3. The molecule has 0 saturated heterocycles. The summed E-state index contributed by atoms with van der Waals surface area (Å²) in [6.07, 6.45) is -0.467. The minimum atomic E-state index is -0.711. The van der Waals surface area contributed by atoms with Gasteiger partial charge in [0.05, 0.1) is 0 Å². The summed E-state index contributed by atoms with van der Waals surface area (Å²) in [4.78, 5) is 18.6. The summed E-state index contributed by atoms with van der Waals surface area (Å²) >= 11 is 0. The summed E-state index contributed by atoms with van der Waals surface area (Å²) in [5.41, 5.74) is 2.98. The zero-order valence-corrected chi connectivity index (χ0v) is 26.2. The normalized spacial score (nSPS) is 11.5. The van der Waals surface area contributed by atoms with Crippen LogP contribution in [0.15, 0.2) is 158 Å². The quantitative estimate of drug-likeness (QED) is 0.190. The van der Waals surface area contributed by atoms with E-state index in [4.69, 9.17) is 4.74 Å². The van der Waals surface area contributed by atoms with Gasteiger partial charge in [-0.05, 0) is 103 Å². The van der Waals surface area contributed by atoms with Crippen LogP contribution >= 0.6 is 0 Å². The van der Waals surface area contributed by atoms with Gasteiger partial charge in [-0.1, -0.05) is 97.1 Å². The molecule has 0 spiro atoms. The number of aromatic nitrogens is 1. The Balaban J connectivity index is 1.49. The smallest absolute Gasteiger partial charge is 0.421 e. The second-order valence-corrected chi connectivity index (χ2v) is 12.3.